The minimum atomic E-state index is -1.06. The number of hydrogen-bond donors (Lipinski definition) is 4. The highest BCUT2D eigenvalue weighted by Crippen LogP contribution is 2.23. The number of nitrogens with zero attached hydrogens (tertiary/aromatic N) is 1. The number of phenols is 1. The highest BCUT2D eigenvalue weighted by molar-refractivity contribution is 5.96. The summed E-state index contributed by atoms with van der Waals surface area (Å²) in [7, 11) is 0. The topological polar surface area (TPSA) is 119 Å². The summed E-state index contributed by atoms with van der Waals surface area (Å²) in [6, 6.07) is 30.7. The van der Waals surface area contributed by atoms with Gasteiger partial charge in [-0.05, 0) is 74.9 Å². The molecule has 0 saturated carbocycles. The van der Waals surface area contributed by atoms with Crippen LogP contribution in [0.15, 0.2) is 103 Å². The van der Waals surface area contributed by atoms with Crippen molar-refractivity contribution >= 4 is 17.7 Å². The predicted octanol–water partition coefficient (Wildman–Crippen LogP) is 5.83. The molecule has 0 bridgehead atoms. The molecule has 0 aromatic heterocycles. The summed E-state index contributed by atoms with van der Waals surface area (Å²) in [4.78, 5) is 41.6. The van der Waals surface area contributed by atoms with Gasteiger partial charge < -0.3 is 25.7 Å². The second-order valence-electron chi connectivity index (χ2n) is 13.3. The number of rotatable bonds is 13. The van der Waals surface area contributed by atoms with Gasteiger partial charge in [0.1, 0.15) is 11.8 Å². The van der Waals surface area contributed by atoms with Crippen molar-refractivity contribution < 1.29 is 24.6 Å². The Hall–Kier alpha value is -4.95. The molecule has 0 unspecified atom stereocenters. The molecule has 0 aliphatic rings. The monoisotopic (exact) mass is 649 g/mol. The van der Waals surface area contributed by atoms with Crippen LogP contribution in [0.2, 0.25) is 0 Å². The number of aliphatic hydroxyl groups excluding tert-OH is 1. The molecule has 4 aromatic rings. The molecule has 0 saturated heterocycles. The largest absolute Gasteiger partial charge is 0.508 e. The lowest BCUT2D eigenvalue weighted by molar-refractivity contribution is -0.140. The summed E-state index contributed by atoms with van der Waals surface area (Å²) in [6.45, 7) is 8.85. The maximum absolute atomic E-state index is 13.6. The zero-order valence-corrected chi connectivity index (χ0v) is 28.4. The minimum absolute atomic E-state index is 0.00587. The fourth-order valence-corrected chi connectivity index (χ4v) is 5.76. The smallest absolute Gasteiger partial charge is 0.252 e. The standard InChI is InChI=1S/C40H47N3O5/c1-27-33(17-12-18-36(27)45)38(47)41-34(25-30-19-21-32(22-20-30)31-15-10-7-11-16-31)37(46)23-24-43(28(2)44)35(39(48)42-40(3,4)5)26-29-13-8-6-9-14-29/h6-22,34-35,37,45-46H,23-26H2,1-5H3,(H,41,47)(H,42,48)/t34-,35-,37+/m0/s1. The number of phenolic OH excluding ortho intramolecular Hbond substituents is 1. The first-order valence-corrected chi connectivity index (χ1v) is 16.4. The van der Waals surface area contributed by atoms with Crippen molar-refractivity contribution in [3.8, 4) is 16.9 Å². The molecule has 8 heteroatoms. The van der Waals surface area contributed by atoms with E-state index in [4.69, 9.17) is 0 Å². The Morgan fingerprint density at radius 1 is 0.771 bits per heavy atom. The van der Waals surface area contributed by atoms with Crippen LogP contribution in [0.25, 0.3) is 11.1 Å². The number of benzene rings is 4. The molecule has 0 radical (unpaired) electrons. The SMILES string of the molecule is CC(=O)N(CC[C@@H](O)[C@H](Cc1ccc(-c2ccccc2)cc1)NC(=O)c1cccc(O)c1C)[C@@H](Cc1ccccc1)C(=O)NC(C)(C)C. The van der Waals surface area contributed by atoms with E-state index in [1.807, 2.05) is 106 Å². The highest BCUT2D eigenvalue weighted by atomic mass is 16.3. The Balaban J connectivity index is 1.58. The number of carbonyl (C=O) groups excluding carboxylic acids is 3. The van der Waals surface area contributed by atoms with Crippen LogP contribution in [-0.2, 0) is 22.4 Å². The molecule has 3 amide bonds. The molecular formula is C40H47N3O5. The summed E-state index contributed by atoms with van der Waals surface area (Å²) in [6.07, 6.45) is -0.328. The van der Waals surface area contributed by atoms with E-state index >= 15 is 0 Å². The summed E-state index contributed by atoms with van der Waals surface area (Å²) in [5, 5.41) is 27.9. The van der Waals surface area contributed by atoms with Crippen LogP contribution in [0, 0.1) is 6.92 Å². The lowest BCUT2D eigenvalue weighted by atomic mass is 9.95. The normalized spacial score (nSPS) is 13.2. The van der Waals surface area contributed by atoms with Crippen molar-refractivity contribution in [3.63, 3.8) is 0 Å². The van der Waals surface area contributed by atoms with Crippen molar-refractivity contribution in [2.24, 2.45) is 0 Å². The third-order valence-corrected chi connectivity index (χ3v) is 8.37. The van der Waals surface area contributed by atoms with Gasteiger partial charge >= 0.3 is 0 Å². The second kappa shape index (κ2) is 16.2. The molecule has 8 nitrogen and oxygen atoms in total. The van der Waals surface area contributed by atoms with Gasteiger partial charge in [0.2, 0.25) is 11.8 Å². The molecule has 0 heterocycles. The molecule has 0 aliphatic heterocycles. The molecule has 0 spiro atoms. The Labute approximate surface area is 283 Å². The quantitative estimate of drug-likeness (QED) is 0.145. The molecule has 0 fully saturated rings. The number of amides is 3. The van der Waals surface area contributed by atoms with E-state index in [1.165, 1.54) is 17.9 Å². The number of carbonyl (C=O) groups is 3. The van der Waals surface area contributed by atoms with Gasteiger partial charge in [0, 0.05) is 36.6 Å². The van der Waals surface area contributed by atoms with Crippen LogP contribution in [0.5, 0.6) is 5.75 Å². The zero-order chi connectivity index (χ0) is 34.8. The first-order chi connectivity index (χ1) is 22.8. The van der Waals surface area contributed by atoms with Gasteiger partial charge in [0.25, 0.3) is 5.91 Å². The maximum Gasteiger partial charge on any atom is 0.252 e. The number of aromatic hydroxyl groups is 1. The number of nitrogens with one attached hydrogen (secondary N) is 2. The Bertz CT molecular complexity index is 1670. The van der Waals surface area contributed by atoms with Crippen LogP contribution in [0.3, 0.4) is 0 Å². The first kappa shape index (κ1) is 35.9. The van der Waals surface area contributed by atoms with E-state index in [1.54, 1.807) is 19.1 Å². The number of aliphatic hydroxyl groups is 1. The van der Waals surface area contributed by atoms with Crippen molar-refractivity contribution in [1.29, 1.82) is 0 Å². The van der Waals surface area contributed by atoms with Gasteiger partial charge in [0.15, 0.2) is 0 Å². The van der Waals surface area contributed by atoms with Crippen LogP contribution >= 0.6 is 0 Å². The van der Waals surface area contributed by atoms with E-state index in [0.29, 0.717) is 24.0 Å². The van der Waals surface area contributed by atoms with Crippen LogP contribution in [-0.4, -0.2) is 63.1 Å². The molecular weight excluding hydrogens is 602 g/mol. The fraction of sp³-hybridized carbons (Fsp3) is 0.325. The van der Waals surface area contributed by atoms with Gasteiger partial charge in [-0.1, -0.05) is 91.0 Å². The van der Waals surface area contributed by atoms with Crippen molar-refractivity contribution in [1.82, 2.24) is 15.5 Å². The van der Waals surface area contributed by atoms with E-state index in [2.05, 4.69) is 10.6 Å². The van der Waals surface area contributed by atoms with Crippen molar-refractivity contribution in [2.45, 2.75) is 77.6 Å². The molecule has 4 N–H and O–H groups in total. The van der Waals surface area contributed by atoms with Gasteiger partial charge in [-0.15, -0.1) is 0 Å². The van der Waals surface area contributed by atoms with Crippen molar-refractivity contribution in [2.75, 3.05) is 6.54 Å². The summed E-state index contributed by atoms with van der Waals surface area (Å²) >= 11 is 0. The van der Waals surface area contributed by atoms with E-state index < -0.39 is 29.6 Å². The van der Waals surface area contributed by atoms with Crippen molar-refractivity contribution in [3.05, 3.63) is 125 Å². The predicted molar refractivity (Wildman–Crippen MR) is 190 cm³/mol. The summed E-state index contributed by atoms with van der Waals surface area (Å²) in [5.41, 5.74) is 4.17. The van der Waals surface area contributed by atoms with Crippen LogP contribution in [0.1, 0.15) is 61.2 Å². The highest BCUT2D eigenvalue weighted by Gasteiger charge is 2.32. The van der Waals surface area contributed by atoms with Gasteiger partial charge in [0.05, 0.1) is 12.1 Å². The minimum Gasteiger partial charge on any atom is -0.508 e. The fourth-order valence-electron chi connectivity index (χ4n) is 5.76. The second-order valence-corrected chi connectivity index (χ2v) is 13.3. The van der Waals surface area contributed by atoms with Gasteiger partial charge in [-0.25, -0.2) is 0 Å². The Morgan fingerprint density at radius 2 is 1.35 bits per heavy atom. The van der Waals surface area contributed by atoms with E-state index in [0.717, 1.165) is 22.3 Å². The summed E-state index contributed by atoms with van der Waals surface area (Å²) < 4.78 is 0. The molecule has 0 aliphatic carbocycles. The molecule has 3 atom stereocenters. The Kier molecular flexibility index (Phi) is 12.1. The van der Waals surface area contributed by atoms with Gasteiger partial charge in [-0.3, -0.25) is 14.4 Å². The molecule has 4 aromatic carbocycles. The molecule has 48 heavy (non-hydrogen) atoms. The summed E-state index contributed by atoms with van der Waals surface area (Å²) in [5.74, 6) is -0.993. The lowest BCUT2D eigenvalue weighted by Crippen LogP contribution is -2.55. The first-order valence-electron chi connectivity index (χ1n) is 16.4. The third-order valence-electron chi connectivity index (χ3n) is 8.37. The molecule has 4 rings (SSSR count). The van der Waals surface area contributed by atoms with Gasteiger partial charge in [-0.2, -0.15) is 0 Å². The van der Waals surface area contributed by atoms with Crippen LogP contribution < -0.4 is 10.6 Å². The average Bonchev–Trinajstić information content (AvgIpc) is 3.05. The van der Waals surface area contributed by atoms with Crippen LogP contribution in [0.4, 0.5) is 0 Å². The third kappa shape index (κ3) is 10.0. The molecule has 252 valence electrons. The van der Waals surface area contributed by atoms with E-state index in [-0.39, 0.29) is 30.5 Å². The van der Waals surface area contributed by atoms with E-state index in [9.17, 15) is 24.6 Å². The zero-order valence-electron chi connectivity index (χ0n) is 28.4. The Morgan fingerprint density at radius 3 is 1.96 bits per heavy atom. The average molecular weight is 650 g/mol. The maximum atomic E-state index is 13.6. The number of hydrogen-bond acceptors (Lipinski definition) is 5. The lowest BCUT2D eigenvalue weighted by Gasteiger charge is -2.34.